The van der Waals surface area contributed by atoms with E-state index in [4.69, 9.17) is 6.57 Å². The smallest absolute Gasteiger partial charge is 0.238 e. The molecular formula is C56H30F3N. The molecule has 0 fully saturated rings. The minimum atomic E-state index is -4.58. The highest BCUT2D eigenvalue weighted by Crippen LogP contribution is 2.55. The molecule has 0 atom stereocenters. The average molecular weight is 774 g/mol. The molecular weight excluding hydrogens is 744 g/mol. The summed E-state index contributed by atoms with van der Waals surface area (Å²) in [5, 5.41) is 16.6. The monoisotopic (exact) mass is 773 g/mol. The standard InChI is InChI=1S/C56H30F3N/c1-60-36-25-28-48(56(57,58)59)45(30-36)35-18-10-17-34(29-35)37-26-27-44-51-40(37)21-11-24-43(51)55-50(33-15-6-3-7-16-33)53-42-23-12-22-41-38-19-8-9-20-39(38)46(52(41)42)31-47(53)49(54(44)55)32-13-4-2-5-14-32/h2-31H. The maximum absolute atomic E-state index is 14.4. The average Bonchev–Trinajstić information content (AvgIpc) is 3.80. The van der Waals surface area contributed by atoms with Gasteiger partial charge in [0.1, 0.15) is 0 Å². The molecule has 12 aromatic rings. The van der Waals surface area contributed by atoms with Crippen LogP contribution in [0.5, 0.6) is 0 Å². The molecule has 0 amide bonds. The number of halogens is 3. The van der Waals surface area contributed by atoms with Crippen LogP contribution in [0.15, 0.2) is 182 Å². The third-order valence-electron chi connectivity index (χ3n) is 12.6. The molecule has 0 bridgehead atoms. The molecule has 1 nitrogen and oxygen atoms in total. The van der Waals surface area contributed by atoms with Gasteiger partial charge in [-0.25, -0.2) is 4.85 Å². The maximum atomic E-state index is 14.4. The first-order valence-corrected chi connectivity index (χ1v) is 19.9. The third kappa shape index (κ3) is 4.81. The fourth-order valence-corrected chi connectivity index (χ4v) is 10.2. The maximum Gasteiger partial charge on any atom is 0.416 e. The summed E-state index contributed by atoms with van der Waals surface area (Å²) in [6.07, 6.45) is -4.58. The highest BCUT2D eigenvalue weighted by atomic mass is 19.4. The van der Waals surface area contributed by atoms with Crippen molar-refractivity contribution in [2.75, 3.05) is 0 Å². The molecule has 0 N–H and O–H groups in total. The summed E-state index contributed by atoms with van der Waals surface area (Å²) in [6, 6.07) is 61.0. The quantitative estimate of drug-likeness (QED) is 0.124. The van der Waals surface area contributed by atoms with Gasteiger partial charge in [0.2, 0.25) is 0 Å². The van der Waals surface area contributed by atoms with Crippen LogP contribution in [0.3, 0.4) is 0 Å². The van der Waals surface area contributed by atoms with Gasteiger partial charge in [0.05, 0.1) is 12.1 Å². The molecule has 0 aliphatic heterocycles. The summed E-state index contributed by atoms with van der Waals surface area (Å²) in [6.45, 7) is 7.52. The molecule has 0 radical (unpaired) electrons. The van der Waals surface area contributed by atoms with E-state index in [0.717, 1.165) is 49.9 Å². The van der Waals surface area contributed by atoms with Gasteiger partial charge in [-0.1, -0.05) is 164 Å². The Balaban J connectivity index is 1.25. The number of alkyl halides is 3. The van der Waals surface area contributed by atoms with E-state index in [0.29, 0.717) is 5.56 Å². The molecule has 0 saturated carbocycles. The van der Waals surface area contributed by atoms with Gasteiger partial charge < -0.3 is 0 Å². The first-order chi connectivity index (χ1) is 29.4. The van der Waals surface area contributed by atoms with E-state index in [-0.39, 0.29) is 11.3 Å². The van der Waals surface area contributed by atoms with Gasteiger partial charge in [-0.05, 0) is 138 Å². The molecule has 4 heteroatoms. The number of hydrogen-bond acceptors (Lipinski definition) is 0. The van der Waals surface area contributed by atoms with Crippen LogP contribution in [-0.2, 0) is 6.18 Å². The van der Waals surface area contributed by atoms with Crippen molar-refractivity contribution in [3.8, 4) is 44.5 Å². The molecule has 0 aromatic heterocycles. The minimum Gasteiger partial charge on any atom is -0.238 e. The molecule has 0 unspecified atom stereocenters. The third-order valence-corrected chi connectivity index (χ3v) is 12.6. The summed E-state index contributed by atoms with van der Waals surface area (Å²) in [4.78, 5) is 3.45. The van der Waals surface area contributed by atoms with Crippen molar-refractivity contribution in [3.63, 3.8) is 0 Å². The van der Waals surface area contributed by atoms with E-state index >= 15 is 0 Å². The van der Waals surface area contributed by atoms with E-state index in [1.165, 1.54) is 77.1 Å². The van der Waals surface area contributed by atoms with Gasteiger partial charge in [-0.2, -0.15) is 13.2 Å². The second-order valence-corrected chi connectivity index (χ2v) is 15.7. The Morgan fingerprint density at radius 2 is 0.850 bits per heavy atom. The zero-order valence-electron chi connectivity index (χ0n) is 31.9. The van der Waals surface area contributed by atoms with Crippen molar-refractivity contribution >= 4 is 81.1 Å². The van der Waals surface area contributed by atoms with Gasteiger partial charge in [0.25, 0.3) is 0 Å². The molecule has 0 heterocycles. The Hall–Kier alpha value is -7.74. The van der Waals surface area contributed by atoms with E-state index in [1.54, 1.807) is 12.1 Å². The first kappa shape index (κ1) is 34.3. The van der Waals surface area contributed by atoms with E-state index in [2.05, 4.69) is 144 Å². The Bertz CT molecular complexity index is 3750. The van der Waals surface area contributed by atoms with Crippen LogP contribution in [0, 0.1) is 6.57 Å². The molecule has 60 heavy (non-hydrogen) atoms. The predicted octanol–water partition coefficient (Wildman–Crippen LogP) is 16.9. The highest BCUT2D eigenvalue weighted by molar-refractivity contribution is 6.45. The van der Waals surface area contributed by atoms with Crippen LogP contribution in [0.4, 0.5) is 18.9 Å². The second-order valence-electron chi connectivity index (χ2n) is 15.7. The zero-order valence-corrected chi connectivity index (χ0v) is 31.9. The molecule has 0 aliphatic carbocycles. The lowest BCUT2D eigenvalue weighted by atomic mass is 9.84. The van der Waals surface area contributed by atoms with Crippen molar-refractivity contribution < 1.29 is 13.2 Å². The fraction of sp³-hybridized carbons (Fsp3) is 0.0179. The van der Waals surface area contributed by atoms with Crippen LogP contribution in [-0.4, -0.2) is 0 Å². The molecule has 0 saturated heterocycles. The normalized spacial score (nSPS) is 12.2. The van der Waals surface area contributed by atoms with Crippen LogP contribution < -0.4 is 0 Å². The van der Waals surface area contributed by atoms with Crippen molar-refractivity contribution in [2.45, 2.75) is 6.18 Å². The van der Waals surface area contributed by atoms with Crippen molar-refractivity contribution in [1.29, 1.82) is 0 Å². The molecule has 0 aliphatic rings. The summed E-state index contributed by atoms with van der Waals surface area (Å²) < 4.78 is 43.1. The Kier molecular flexibility index (Phi) is 7.22. The lowest BCUT2D eigenvalue weighted by Crippen LogP contribution is -2.06. The summed E-state index contributed by atoms with van der Waals surface area (Å²) in [5.41, 5.74) is 6.16. The topological polar surface area (TPSA) is 4.36 Å². The summed E-state index contributed by atoms with van der Waals surface area (Å²) in [5.74, 6) is 0. The van der Waals surface area contributed by atoms with Gasteiger partial charge >= 0.3 is 6.18 Å². The van der Waals surface area contributed by atoms with Crippen molar-refractivity contribution in [3.05, 3.63) is 199 Å². The van der Waals surface area contributed by atoms with Crippen LogP contribution in [0.2, 0.25) is 0 Å². The number of hydrogen-bond donors (Lipinski definition) is 0. The van der Waals surface area contributed by atoms with Gasteiger partial charge in [0.15, 0.2) is 5.69 Å². The fourth-order valence-electron chi connectivity index (χ4n) is 10.2. The van der Waals surface area contributed by atoms with Crippen molar-refractivity contribution in [1.82, 2.24) is 0 Å². The molecule has 280 valence electrons. The number of fused-ring (bicyclic) bond motifs is 8. The van der Waals surface area contributed by atoms with E-state index in [1.807, 2.05) is 12.1 Å². The Morgan fingerprint density at radius 3 is 1.55 bits per heavy atom. The van der Waals surface area contributed by atoms with Gasteiger partial charge in [0, 0.05) is 0 Å². The molecule has 12 rings (SSSR count). The highest BCUT2D eigenvalue weighted by Gasteiger charge is 2.34. The lowest BCUT2D eigenvalue weighted by molar-refractivity contribution is -0.137. The molecule has 0 spiro atoms. The van der Waals surface area contributed by atoms with Crippen LogP contribution in [0.1, 0.15) is 5.56 Å². The number of benzene rings is 10. The van der Waals surface area contributed by atoms with Gasteiger partial charge in [-0.3, -0.25) is 0 Å². The van der Waals surface area contributed by atoms with E-state index < -0.39 is 11.7 Å². The van der Waals surface area contributed by atoms with Crippen molar-refractivity contribution in [2.24, 2.45) is 0 Å². The first-order valence-electron chi connectivity index (χ1n) is 19.9. The van der Waals surface area contributed by atoms with E-state index in [9.17, 15) is 13.2 Å². The number of rotatable bonds is 4. The zero-order chi connectivity index (χ0) is 40.3. The Morgan fingerprint density at radius 1 is 0.333 bits per heavy atom. The van der Waals surface area contributed by atoms with Crippen LogP contribution >= 0.6 is 0 Å². The largest absolute Gasteiger partial charge is 0.416 e. The van der Waals surface area contributed by atoms with Crippen LogP contribution in [0.25, 0.3) is 125 Å². The second kappa shape index (κ2) is 12.6. The summed E-state index contributed by atoms with van der Waals surface area (Å²) >= 11 is 0. The lowest BCUT2D eigenvalue weighted by Gasteiger charge is -2.19. The number of nitrogens with zero attached hydrogens (tertiary/aromatic N) is 1. The Labute approximate surface area is 342 Å². The molecule has 12 aromatic carbocycles. The predicted molar refractivity (Wildman–Crippen MR) is 244 cm³/mol. The SMILES string of the molecule is [C-]#[N+]c1ccc(C(F)(F)F)c(-c2cccc(-c3ccc4c5c(-c6ccccc6)c6cc7c8ccccc8c8cccc(c6c(-c6ccccc6)c5c5cccc3c45)c87)c2)c1. The van der Waals surface area contributed by atoms with Gasteiger partial charge in [-0.15, -0.1) is 0 Å². The minimum absolute atomic E-state index is 0.00609. The summed E-state index contributed by atoms with van der Waals surface area (Å²) in [7, 11) is 0.